The minimum Gasteiger partial charge on any atom is -0.478 e. The maximum absolute atomic E-state index is 11.1. The Morgan fingerprint density at radius 2 is 2.19 bits per heavy atom. The minimum atomic E-state index is -1.02. The number of aliphatic hydroxyl groups excluding tert-OH is 1. The molecule has 88 valence electrons. The lowest BCUT2D eigenvalue weighted by molar-refractivity contribution is 0.0696. The zero-order valence-electron chi connectivity index (χ0n) is 9.61. The summed E-state index contributed by atoms with van der Waals surface area (Å²) in [5.74, 6) is -1.02. The quantitative estimate of drug-likeness (QED) is 0.715. The SMILES string of the molecule is Cc1cc(NC(C)CO)c(C(=O)O)c(C)n1. The number of rotatable bonds is 4. The van der Waals surface area contributed by atoms with E-state index in [1.807, 2.05) is 0 Å². The molecule has 0 spiro atoms. The van der Waals surface area contributed by atoms with Crippen molar-refractivity contribution in [3.63, 3.8) is 0 Å². The van der Waals surface area contributed by atoms with Gasteiger partial charge in [0.2, 0.25) is 0 Å². The molecule has 1 atom stereocenters. The van der Waals surface area contributed by atoms with Gasteiger partial charge >= 0.3 is 5.97 Å². The number of nitrogens with zero attached hydrogens (tertiary/aromatic N) is 1. The number of nitrogens with one attached hydrogen (secondary N) is 1. The van der Waals surface area contributed by atoms with Crippen LogP contribution in [0.1, 0.15) is 28.7 Å². The maximum Gasteiger partial charge on any atom is 0.339 e. The molecule has 0 aliphatic carbocycles. The number of carbonyl (C=O) groups is 1. The summed E-state index contributed by atoms with van der Waals surface area (Å²) < 4.78 is 0. The summed E-state index contributed by atoms with van der Waals surface area (Å²) in [5.41, 5.74) is 1.88. The predicted molar refractivity (Wildman–Crippen MR) is 60.8 cm³/mol. The van der Waals surface area contributed by atoms with Gasteiger partial charge in [-0.25, -0.2) is 4.79 Å². The fourth-order valence-corrected chi connectivity index (χ4v) is 1.52. The van der Waals surface area contributed by atoms with Gasteiger partial charge in [-0.1, -0.05) is 0 Å². The Balaban J connectivity index is 3.19. The van der Waals surface area contributed by atoms with Crippen LogP contribution < -0.4 is 5.32 Å². The normalized spacial score (nSPS) is 12.2. The van der Waals surface area contributed by atoms with E-state index in [0.717, 1.165) is 5.69 Å². The Kier molecular flexibility index (Phi) is 3.84. The Labute approximate surface area is 94.1 Å². The Hall–Kier alpha value is -1.62. The molecule has 0 radical (unpaired) electrons. The molecule has 0 saturated heterocycles. The van der Waals surface area contributed by atoms with Crippen molar-refractivity contribution in [2.24, 2.45) is 0 Å². The molecule has 0 fully saturated rings. The van der Waals surface area contributed by atoms with Crippen molar-refractivity contribution in [3.05, 3.63) is 23.0 Å². The predicted octanol–water partition coefficient (Wildman–Crippen LogP) is 1.19. The van der Waals surface area contributed by atoms with Crippen molar-refractivity contribution in [1.82, 2.24) is 4.98 Å². The van der Waals surface area contributed by atoms with E-state index in [1.165, 1.54) is 0 Å². The first-order valence-corrected chi connectivity index (χ1v) is 5.04. The minimum absolute atomic E-state index is 0.0561. The van der Waals surface area contributed by atoms with Crippen molar-refractivity contribution in [3.8, 4) is 0 Å². The van der Waals surface area contributed by atoms with Gasteiger partial charge < -0.3 is 15.5 Å². The zero-order valence-corrected chi connectivity index (χ0v) is 9.61. The third-order valence-corrected chi connectivity index (χ3v) is 2.22. The number of hydrogen-bond acceptors (Lipinski definition) is 4. The van der Waals surface area contributed by atoms with Gasteiger partial charge in [-0.2, -0.15) is 0 Å². The van der Waals surface area contributed by atoms with Crippen molar-refractivity contribution in [2.45, 2.75) is 26.8 Å². The number of aromatic carboxylic acids is 1. The average molecular weight is 224 g/mol. The second-order valence-corrected chi connectivity index (χ2v) is 3.80. The first-order valence-electron chi connectivity index (χ1n) is 5.04. The molecule has 1 unspecified atom stereocenters. The topological polar surface area (TPSA) is 82.5 Å². The number of aryl methyl sites for hydroxylation is 2. The molecule has 0 aliphatic heterocycles. The molecule has 0 amide bonds. The lowest BCUT2D eigenvalue weighted by Gasteiger charge is -2.16. The van der Waals surface area contributed by atoms with Gasteiger partial charge in [-0.15, -0.1) is 0 Å². The average Bonchev–Trinajstić information content (AvgIpc) is 2.15. The fraction of sp³-hybridized carbons (Fsp3) is 0.455. The van der Waals surface area contributed by atoms with Crippen LogP contribution in [0.25, 0.3) is 0 Å². The highest BCUT2D eigenvalue weighted by atomic mass is 16.4. The number of aromatic nitrogens is 1. The molecule has 0 saturated carbocycles. The smallest absolute Gasteiger partial charge is 0.339 e. The highest BCUT2D eigenvalue weighted by molar-refractivity contribution is 5.95. The van der Waals surface area contributed by atoms with Crippen LogP contribution in [0.2, 0.25) is 0 Å². The molecule has 16 heavy (non-hydrogen) atoms. The first kappa shape index (κ1) is 12.4. The molecule has 5 nitrogen and oxygen atoms in total. The van der Waals surface area contributed by atoms with Gasteiger partial charge in [0.1, 0.15) is 5.56 Å². The molecule has 3 N–H and O–H groups in total. The third kappa shape index (κ3) is 2.70. The maximum atomic E-state index is 11.1. The summed E-state index contributed by atoms with van der Waals surface area (Å²) in [5, 5.41) is 21.0. The molecule has 1 aromatic rings. The van der Waals surface area contributed by atoms with Crippen LogP contribution in [0.4, 0.5) is 5.69 Å². The van der Waals surface area contributed by atoms with Gasteiger partial charge in [0.15, 0.2) is 0 Å². The van der Waals surface area contributed by atoms with E-state index in [4.69, 9.17) is 10.2 Å². The molecule has 0 aromatic carbocycles. The van der Waals surface area contributed by atoms with Crippen LogP contribution in [0, 0.1) is 13.8 Å². The number of hydrogen-bond donors (Lipinski definition) is 3. The zero-order chi connectivity index (χ0) is 12.3. The first-order chi connectivity index (χ1) is 7.45. The van der Waals surface area contributed by atoms with Crippen LogP contribution >= 0.6 is 0 Å². The molecule has 0 aliphatic rings. The second-order valence-electron chi connectivity index (χ2n) is 3.80. The Morgan fingerprint density at radius 3 is 2.69 bits per heavy atom. The van der Waals surface area contributed by atoms with Crippen LogP contribution in [-0.4, -0.2) is 33.8 Å². The van der Waals surface area contributed by atoms with Crippen LogP contribution in [-0.2, 0) is 0 Å². The molecule has 0 bridgehead atoms. The van der Waals surface area contributed by atoms with Gasteiger partial charge in [-0.05, 0) is 26.8 Å². The Morgan fingerprint density at radius 1 is 1.56 bits per heavy atom. The number of anilines is 1. The van der Waals surface area contributed by atoms with E-state index < -0.39 is 5.97 Å². The summed E-state index contributed by atoms with van der Waals surface area (Å²) in [6.45, 7) is 5.18. The van der Waals surface area contributed by atoms with Gasteiger partial charge in [0.05, 0.1) is 18.0 Å². The number of pyridine rings is 1. The number of aliphatic hydroxyl groups is 1. The summed E-state index contributed by atoms with van der Waals surface area (Å²) in [4.78, 5) is 15.2. The molecule has 1 heterocycles. The van der Waals surface area contributed by atoms with Crippen molar-refractivity contribution >= 4 is 11.7 Å². The van der Waals surface area contributed by atoms with E-state index in [1.54, 1.807) is 26.8 Å². The number of carboxylic acids is 1. The van der Waals surface area contributed by atoms with Crippen molar-refractivity contribution in [1.29, 1.82) is 0 Å². The van der Waals surface area contributed by atoms with Crippen molar-refractivity contribution < 1.29 is 15.0 Å². The summed E-state index contributed by atoms with van der Waals surface area (Å²) in [6, 6.07) is 1.47. The van der Waals surface area contributed by atoms with E-state index >= 15 is 0 Å². The second kappa shape index (κ2) is 4.94. The lowest BCUT2D eigenvalue weighted by atomic mass is 10.1. The van der Waals surface area contributed by atoms with Gasteiger partial charge in [-0.3, -0.25) is 4.98 Å². The highest BCUT2D eigenvalue weighted by Gasteiger charge is 2.16. The summed E-state index contributed by atoms with van der Waals surface area (Å²) in [7, 11) is 0. The van der Waals surface area contributed by atoms with Crippen LogP contribution in [0.15, 0.2) is 6.07 Å². The third-order valence-electron chi connectivity index (χ3n) is 2.22. The fourth-order valence-electron chi connectivity index (χ4n) is 1.52. The van der Waals surface area contributed by atoms with E-state index in [0.29, 0.717) is 11.4 Å². The molecular weight excluding hydrogens is 208 g/mol. The molecular formula is C11H16N2O3. The van der Waals surface area contributed by atoms with E-state index in [9.17, 15) is 4.79 Å². The van der Waals surface area contributed by atoms with Gasteiger partial charge in [0, 0.05) is 11.7 Å². The summed E-state index contributed by atoms with van der Waals surface area (Å²) >= 11 is 0. The van der Waals surface area contributed by atoms with Crippen molar-refractivity contribution in [2.75, 3.05) is 11.9 Å². The Bertz CT molecular complexity index is 404. The summed E-state index contributed by atoms with van der Waals surface area (Å²) in [6.07, 6.45) is 0. The monoisotopic (exact) mass is 224 g/mol. The largest absolute Gasteiger partial charge is 0.478 e. The van der Waals surface area contributed by atoms with E-state index in [2.05, 4.69) is 10.3 Å². The highest BCUT2D eigenvalue weighted by Crippen LogP contribution is 2.20. The standard InChI is InChI=1S/C11H16N2O3/c1-6-4-9(13-7(2)5-14)10(11(15)16)8(3)12-6/h4,7,14H,5H2,1-3H3,(H,12,13)(H,15,16). The molecule has 1 rings (SSSR count). The van der Waals surface area contributed by atoms with Crippen LogP contribution in [0.3, 0.4) is 0 Å². The lowest BCUT2D eigenvalue weighted by Crippen LogP contribution is -2.22. The molecule has 1 aromatic heterocycles. The van der Waals surface area contributed by atoms with Crippen LogP contribution in [0.5, 0.6) is 0 Å². The van der Waals surface area contributed by atoms with Gasteiger partial charge in [0.25, 0.3) is 0 Å². The number of carboxylic acid groups (broad SMARTS) is 1. The molecule has 5 heteroatoms. The van der Waals surface area contributed by atoms with E-state index in [-0.39, 0.29) is 18.2 Å².